The summed E-state index contributed by atoms with van der Waals surface area (Å²) in [6.07, 6.45) is 8.19. The van der Waals surface area contributed by atoms with Gasteiger partial charge in [0.05, 0.1) is 0 Å². The maximum atomic E-state index is 6.65. The van der Waals surface area contributed by atoms with E-state index in [1.807, 2.05) is 0 Å². The summed E-state index contributed by atoms with van der Waals surface area (Å²) < 4.78 is 6.65. The second-order valence-corrected chi connectivity index (χ2v) is 15.6. The molecule has 5 heteroatoms. The first-order valence-electron chi connectivity index (χ1n) is 11.1. The fraction of sp³-hybridized carbons (Fsp3) is 0.760. The fourth-order valence-electron chi connectivity index (χ4n) is 4.73. The van der Waals surface area contributed by atoms with Gasteiger partial charge in [0.2, 0.25) is 0 Å². The summed E-state index contributed by atoms with van der Waals surface area (Å²) in [5.41, 5.74) is 2.50. The van der Waals surface area contributed by atoms with Crippen LogP contribution in [0.1, 0.15) is 47.0 Å². The van der Waals surface area contributed by atoms with Gasteiger partial charge < -0.3 is 4.43 Å². The van der Waals surface area contributed by atoms with E-state index in [9.17, 15) is 0 Å². The van der Waals surface area contributed by atoms with Crippen molar-refractivity contribution in [2.75, 3.05) is 42.3 Å². The normalized spacial score (nSPS) is 20.1. The number of hydrogen-bond donors (Lipinski definition) is 0. The van der Waals surface area contributed by atoms with Crippen LogP contribution in [0.25, 0.3) is 0 Å². The van der Waals surface area contributed by atoms with E-state index in [0.717, 1.165) is 0 Å². The molecule has 172 valence electrons. The Morgan fingerprint density at radius 2 is 1.47 bits per heavy atom. The van der Waals surface area contributed by atoms with Gasteiger partial charge in [-0.15, -0.1) is 0 Å². The molecule has 1 aliphatic rings. The van der Waals surface area contributed by atoms with Crippen LogP contribution in [0.5, 0.6) is 0 Å². The third-order valence-corrected chi connectivity index (χ3v) is 7.01. The minimum Gasteiger partial charge on any atom is -0.399 e. The zero-order valence-electron chi connectivity index (χ0n) is 22.0. The molecular formula is C25H47N3OSi. The van der Waals surface area contributed by atoms with Gasteiger partial charge in [-0.2, -0.15) is 0 Å². The smallest absolute Gasteiger partial charge is 0.195 e. The van der Waals surface area contributed by atoms with Gasteiger partial charge in [0.25, 0.3) is 0 Å². The SMILES string of the molecule is CC1=C(/C=C/C(C)(C#CC(N(C)C)(N(C)C)N(C)C)O[Si](C)(C)C)C(C)(C)CCC1. The van der Waals surface area contributed by atoms with Crippen LogP contribution in [-0.2, 0) is 4.43 Å². The van der Waals surface area contributed by atoms with E-state index in [2.05, 4.69) is 128 Å². The quantitative estimate of drug-likeness (QED) is 0.319. The van der Waals surface area contributed by atoms with Crippen LogP contribution >= 0.6 is 0 Å². The molecule has 30 heavy (non-hydrogen) atoms. The van der Waals surface area contributed by atoms with Crippen molar-refractivity contribution in [2.45, 2.75) is 78.0 Å². The highest BCUT2D eigenvalue weighted by atomic mass is 28.4. The molecule has 1 unspecified atom stereocenters. The second kappa shape index (κ2) is 9.71. The average Bonchev–Trinajstić information content (AvgIpc) is 2.51. The lowest BCUT2D eigenvalue weighted by Gasteiger charge is -2.45. The van der Waals surface area contributed by atoms with Crippen molar-refractivity contribution in [1.82, 2.24) is 14.7 Å². The van der Waals surface area contributed by atoms with Crippen LogP contribution in [0.15, 0.2) is 23.3 Å². The Kier molecular flexibility index (Phi) is 8.78. The molecule has 0 amide bonds. The molecule has 0 saturated carbocycles. The highest BCUT2D eigenvalue weighted by molar-refractivity contribution is 6.69. The molecule has 0 aromatic carbocycles. The molecule has 4 nitrogen and oxygen atoms in total. The summed E-state index contributed by atoms with van der Waals surface area (Å²) in [5, 5.41) is 0. The molecule has 0 heterocycles. The molecule has 0 aliphatic heterocycles. The first kappa shape index (κ1) is 27.1. The fourth-order valence-corrected chi connectivity index (χ4v) is 6.12. The largest absolute Gasteiger partial charge is 0.399 e. The van der Waals surface area contributed by atoms with Crippen LogP contribution in [0.3, 0.4) is 0 Å². The van der Waals surface area contributed by atoms with Crippen molar-refractivity contribution >= 4 is 8.32 Å². The first-order chi connectivity index (χ1) is 13.5. The zero-order chi connectivity index (χ0) is 23.5. The second-order valence-electron chi connectivity index (χ2n) is 11.2. The van der Waals surface area contributed by atoms with Crippen molar-refractivity contribution in [3.05, 3.63) is 23.3 Å². The van der Waals surface area contributed by atoms with Gasteiger partial charge in [-0.25, -0.2) is 0 Å². The van der Waals surface area contributed by atoms with Gasteiger partial charge in [-0.05, 0) is 118 Å². The summed E-state index contributed by atoms with van der Waals surface area (Å²) in [6.45, 7) is 15.8. The predicted molar refractivity (Wildman–Crippen MR) is 134 cm³/mol. The molecule has 0 N–H and O–H groups in total. The van der Waals surface area contributed by atoms with E-state index in [4.69, 9.17) is 4.43 Å². The van der Waals surface area contributed by atoms with E-state index in [1.54, 1.807) is 0 Å². The van der Waals surface area contributed by atoms with Crippen LogP contribution in [0, 0.1) is 17.3 Å². The Hall–Kier alpha value is -0.903. The summed E-state index contributed by atoms with van der Waals surface area (Å²) in [7, 11) is 10.6. The van der Waals surface area contributed by atoms with Crippen molar-refractivity contribution in [3.63, 3.8) is 0 Å². The highest BCUT2D eigenvalue weighted by Gasteiger charge is 2.37. The Bertz CT molecular complexity index is 695. The van der Waals surface area contributed by atoms with E-state index < -0.39 is 19.7 Å². The first-order valence-corrected chi connectivity index (χ1v) is 14.5. The van der Waals surface area contributed by atoms with E-state index in [0.29, 0.717) is 0 Å². The molecule has 1 rings (SSSR count). The molecular weight excluding hydrogens is 386 g/mol. The van der Waals surface area contributed by atoms with E-state index in [-0.39, 0.29) is 5.41 Å². The number of allylic oxidation sites excluding steroid dienone is 3. The molecule has 0 spiro atoms. The van der Waals surface area contributed by atoms with Crippen LogP contribution < -0.4 is 0 Å². The number of hydrogen-bond acceptors (Lipinski definition) is 4. The van der Waals surface area contributed by atoms with Crippen LogP contribution in [0.4, 0.5) is 0 Å². The molecule has 1 aliphatic carbocycles. The van der Waals surface area contributed by atoms with Crippen molar-refractivity contribution in [3.8, 4) is 11.8 Å². The van der Waals surface area contributed by atoms with E-state index >= 15 is 0 Å². The monoisotopic (exact) mass is 433 g/mol. The lowest BCUT2D eigenvalue weighted by atomic mass is 9.72. The lowest BCUT2D eigenvalue weighted by molar-refractivity contribution is -0.0573. The van der Waals surface area contributed by atoms with Gasteiger partial charge in [-0.1, -0.05) is 31.4 Å². The molecule has 1 atom stereocenters. The van der Waals surface area contributed by atoms with Crippen molar-refractivity contribution in [1.29, 1.82) is 0 Å². The molecule has 0 radical (unpaired) electrons. The molecule has 0 aromatic rings. The van der Waals surface area contributed by atoms with Crippen molar-refractivity contribution in [2.24, 2.45) is 5.41 Å². The Morgan fingerprint density at radius 1 is 0.967 bits per heavy atom. The third kappa shape index (κ3) is 6.55. The van der Waals surface area contributed by atoms with Gasteiger partial charge in [0.15, 0.2) is 14.1 Å². The van der Waals surface area contributed by atoms with Crippen LogP contribution in [0.2, 0.25) is 19.6 Å². The lowest BCUT2D eigenvalue weighted by Crippen LogP contribution is -2.63. The summed E-state index contributed by atoms with van der Waals surface area (Å²) in [4.78, 5) is 6.45. The van der Waals surface area contributed by atoms with Gasteiger partial charge in [0.1, 0.15) is 5.60 Å². The maximum absolute atomic E-state index is 6.65. The third-order valence-electron chi connectivity index (χ3n) is 5.98. The molecule has 0 fully saturated rings. The molecule has 0 aromatic heterocycles. The predicted octanol–water partition coefficient (Wildman–Crippen LogP) is 5.02. The highest BCUT2D eigenvalue weighted by Crippen LogP contribution is 2.41. The Morgan fingerprint density at radius 3 is 1.87 bits per heavy atom. The Balaban J connectivity index is 3.53. The summed E-state index contributed by atoms with van der Waals surface area (Å²) >= 11 is 0. The number of nitrogens with zero attached hydrogens (tertiary/aromatic N) is 3. The van der Waals surface area contributed by atoms with Crippen molar-refractivity contribution < 1.29 is 4.43 Å². The molecule has 0 saturated heterocycles. The summed E-state index contributed by atoms with van der Waals surface area (Å²) in [6, 6.07) is 0. The summed E-state index contributed by atoms with van der Waals surface area (Å²) in [5.74, 6) is 6.60. The minimum absolute atomic E-state index is 0.201. The topological polar surface area (TPSA) is 19.0 Å². The van der Waals surface area contributed by atoms with E-state index in [1.165, 1.54) is 30.4 Å². The zero-order valence-corrected chi connectivity index (χ0v) is 23.0. The van der Waals surface area contributed by atoms with Gasteiger partial charge in [0, 0.05) is 0 Å². The average molecular weight is 434 g/mol. The van der Waals surface area contributed by atoms with Gasteiger partial charge in [-0.3, -0.25) is 14.7 Å². The minimum atomic E-state index is -1.82. The maximum Gasteiger partial charge on any atom is 0.195 e. The standard InChI is InChI=1S/C25H47N3OSi/c1-21-15-14-17-23(2,3)22(21)16-18-24(4,29-30(11,12)13)19-20-25(26(5)6,27(7)8)28(9)10/h16,18H,14-15,17H2,1-13H3/b18-16+. The van der Waals surface area contributed by atoms with Crippen LogP contribution in [-0.4, -0.2) is 76.7 Å². The number of rotatable bonds is 7. The van der Waals surface area contributed by atoms with Gasteiger partial charge >= 0.3 is 0 Å². The Labute approximate surface area is 188 Å². The molecule has 0 bridgehead atoms.